The second kappa shape index (κ2) is 7.83. The van der Waals surface area contributed by atoms with Gasteiger partial charge in [-0.3, -0.25) is 4.40 Å². The molecule has 6 heteroatoms. The summed E-state index contributed by atoms with van der Waals surface area (Å²) in [6.45, 7) is 9.02. The number of ether oxygens (including phenoxy) is 2. The highest BCUT2D eigenvalue weighted by Gasteiger charge is 2.08. The van der Waals surface area contributed by atoms with Crippen LogP contribution in [0.2, 0.25) is 0 Å². The highest BCUT2D eigenvalue weighted by molar-refractivity contribution is 5.53. The first-order valence-corrected chi connectivity index (χ1v) is 7.48. The summed E-state index contributed by atoms with van der Waals surface area (Å²) >= 11 is 0. The molecule has 0 aliphatic carbocycles. The van der Waals surface area contributed by atoms with Crippen molar-refractivity contribution in [2.24, 2.45) is 5.92 Å². The minimum atomic E-state index is 0.472. The fraction of sp³-hybridized carbons (Fsp3) is 0.600. The zero-order chi connectivity index (χ0) is 15.1. The lowest BCUT2D eigenvalue weighted by atomic mass is 10.2. The van der Waals surface area contributed by atoms with Crippen molar-refractivity contribution in [3.63, 3.8) is 0 Å². The van der Waals surface area contributed by atoms with Crippen molar-refractivity contribution in [3.8, 4) is 5.88 Å². The lowest BCUT2D eigenvalue weighted by molar-refractivity contribution is 0.0809. The quantitative estimate of drug-likeness (QED) is 0.720. The maximum absolute atomic E-state index is 5.72. The number of aromatic nitrogens is 3. The highest BCUT2D eigenvalue weighted by Crippen LogP contribution is 2.18. The van der Waals surface area contributed by atoms with Gasteiger partial charge in [-0.15, -0.1) is 0 Å². The van der Waals surface area contributed by atoms with Crippen LogP contribution in [-0.2, 0) is 4.74 Å². The fourth-order valence-corrected chi connectivity index (χ4v) is 1.85. The number of hydrogen-bond donors (Lipinski definition) is 1. The SMILES string of the molecule is CCCNc1cn2ccnc2c(OCCOCC(C)C)n1. The average molecular weight is 292 g/mol. The smallest absolute Gasteiger partial charge is 0.260 e. The number of fused-ring (bicyclic) bond motifs is 1. The summed E-state index contributed by atoms with van der Waals surface area (Å²) in [4.78, 5) is 8.75. The van der Waals surface area contributed by atoms with E-state index < -0.39 is 0 Å². The van der Waals surface area contributed by atoms with E-state index in [1.165, 1.54) is 0 Å². The third-order valence-electron chi connectivity index (χ3n) is 2.82. The largest absolute Gasteiger partial charge is 0.473 e. The van der Waals surface area contributed by atoms with E-state index in [1.54, 1.807) is 6.20 Å². The van der Waals surface area contributed by atoms with E-state index >= 15 is 0 Å². The predicted molar refractivity (Wildman–Crippen MR) is 82.9 cm³/mol. The Bertz CT molecular complexity index is 554. The number of nitrogens with one attached hydrogen (secondary N) is 1. The van der Waals surface area contributed by atoms with Crippen LogP contribution in [-0.4, -0.2) is 40.7 Å². The maximum atomic E-state index is 5.72. The van der Waals surface area contributed by atoms with Crippen LogP contribution >= 0.6 is 0 Å². The van der Waals surface area contributed by atoms with Gasteiger partial charge in [-0.2, -0.15) is 4.98 Å². The van der Waals surface area contributed by atoms with E-state index in [0.717, 1.165) is 31.0 Å². The molecule has 6 nitrogen and oxygen atoms in total. The molecule has 2 aromatic rings. The molecule has 21 heavy (non-hydrogen) atoms. The normalized spacial score (nSPS) is 11.2. The molecule has 0 spiro atoms. The number of imidazole rings is 1. The van der Waals surface area contributed by atoms with Crippen LogP contribution in [0.1, 0.15) is 27.2 Å². The number of nitrogens with zero attached hydrogens (tertiary/aromatic N) is 3. The molecule has 0 unspecified atom stereocenters. The van der Waals surface area contributed by atoms with Crippen molar-refractivity contribution in [2.75, 3.05) is 31.7 Å². The van der Waals surface area contributed by atoms with Gasteiger partial charge in [-0.1, -0.05) is 20.8 Å². The molecular formula is C15H24N4O2. The van der Waals surface area contributed by atoms with E-state index in [0.29, 0.717) is 25.0 Å². The van der Waals surface area contributed by atoms with Crippen molar-refractivity contribution >= 4 is 11.5 Å². The molecule has 0 radical (unpaired) electrons. The maximum Gasteiger partial charge on any atom is 0.260 e. The Kier molecular flexibility index (Phi) is 5.80. The molecule has 0 atom stereocenters. The van der Waals surface area contributed by atoms with Crippen LogP contribution in [0.4, 0.5) is 5.82 Å². The molecule has 0 bridgehead atoms. The monoisotopic (exact) mass is 292 g/mol. The van der Waals surface area contributed by atoms with Gasteiger partial charge >= 0.3 is 0 Å². The minimum absolute atomic E-state index is 0.472. The molecule has 0 amide bonds. The summed E-state index contributed by atoms with van der Waals surface area (Å²) in [5.74, 6) is 1.86. The predicted octanol–water partition coefficient (Wildman–Crippen LogP) is 2.60. The van der Waals surface area contributed by atoms with E-state index in [2.05, 4.69) is 36.1 Å². The molecule has 0 aliphatic heterocycles. The summed E-state index contributed by atoms with van der Waals surface area (Å²) in [6, 6.07) is 0. The van der Waals surface area contributed by atoms with Crippen LogP contribution in [0.3, 0.4) is 0 Å². The second-order valence-electron chi connectivity index (χ2n) is 5.33. The van der Waals surface area contributed by atoms with Gasteiger partial charge in [-0.05, 0) is 12.3 Å². The zero-order valence-corrected chi connectivity index (χ0v) is 13.0. The number of hydrogen-bond acceptors (Lipinski definition) is 5. The Morgan fingerprint density at radius 2 is 2.19 bits per heavy atom. The van der Waals surface area contributed by atoms with Crippen LogP contribution < -0.4 is 10.1 Å². The van der Waals surface area contributed by atoms with Gasteiger partial charge in [0.05, 0.1) is 12.8 Å². The Hall–Kier alpha value is -1.82. The zero-order valence-electron chi connectivity index (χ0n) is 13.0. The van der Waals surface area contributed by atoms with Gasteiger partial charge in [0.15, 0.2) is 0 Å². The first kappa shape index (κ1) is 15.6. The van der Waals surface area contributed by atoms with Crippen LogP contribution in [0.15, 0.2) is 18.6 Å². The molecule has 0 saturated heterocycles. The summed E-state index contributed by atoms with van der Waals surface area (Å²) < 4.78 is 13.1. The Morgan fingerprint density at radius 3 is 2.95 bits per heavy atom. The standard InChI is InChI=1S/C15H24N4O2/c1-4-5-16-13-10-19-7-6-17-14(19)15(18-13)21-9-8-20-11-12(2)3/h6-7,10,12,16H,4-5,8-9,11H2,1-3H3. The van der Waals surface area contributed by atoms with Crippen LogP contribution in [0.5, 0.6) is 5.88 Å². The third kappa shape index (κ3) is 4.60. The molecule has 0 fully saturated rings. The topological polar surface area (TPSA) is 60.7 Å². The molecule has 0 saturated carbocycles. The van der Waals surface area contributed by atoms with E-state index in [1.807, 2.05) is 16.8 Å². The van der Waals surface area contributed by atoms with Gasteiger partial charge in [0.2, 0.25) is 5.65 Å². The first-order chi connectivity index (χ1) is 10.2. The Balaban J connectivity index is 1.98. The van der Waals surface area contributed by atoms with Crippen molar-refractivity contribution in [1.82, 2.24) is 14.4 Å². The molecule has 0 aromatic carbocycles. The van der Waals surface area contributed by atoms with Gasteiger partial charge < -0.3 is 14.8 Å². The third-order valence-corrected chi connectivity index (χ3v) is 2.82. The molecule has 1 N–H and O–H groups in total. The molecule has 2 aromatic heterocycles. The fourth-order valence-electron chi connectivity index (χ4n) is 1.85. The summed E-state index contributed by atoms with van der Waals surface area (Å²) in [5, 5.41) is 3.26. The molecule has 2 heterocycles. The van der Waals surface area contributed by atoms with Crippen molar-refractivity contribution in [1.29, 1.82) is 0 Å². The first-order valence-electron chi connectivity index (χ1n) is 7.48. The number of rotatable bonds is 9. The summed E-state index contributed by atoms with van der Waals surface area (Å²) in [7, 11) is 0. The molecular weight excluding hydrogens is 268 g/mol. The Labute approximate surface area is 125 Å². The average Bonchev–Trinajstić information content (AvgIpc) is 2.92. The van der Waals surface area contributed by atoms with Crippen molar-refractivity contribution in [2.45, 2.75) is 27.2 Å². The molecule has 2 rings (SSSR count). The van der Waals surface area contributed by atoms with Crippen molar-refractivity contribution in [3.05, 3.63) is 18.6 Å². The lowest BCUT2D eigenvalue weighted by Gasteiger charge is -2.11. The van der Waals surface area contributed by atoms with E-state index in [9.17, 15) is 0 Å². The molecule has 116 valence electrons. The van der Waals surface area contributed by atoms with Gasteiger partial charge in [0, 0.05) is 25.5 Å². The van der Waals surface area contributed by atoms with Crippen LogP contribution in [0, 0.1) is 5.92 Å². The second-order valence-corrected chi connectivity index (χ2v) is 5.33. The van der Waals surface area contributed by atoms with E-state index in [-0.39, 0.29) is 0 Å². The van der Waals surface area contributed by atoms with Crippen molar-refractivity contribution < 1.29 is 9.47 Å². The van der Waals surface area contributed by atoms with Gasteiger partial charge in [-0.25, -0.2) is 4.98 Å². The highest BCUT2D eigenvalue weighted by atomic mass is 16.5. The summed E-state index contributed by atoms with van der Waals surface area (Å²) in [5.41, 5.74) is 0.723. The van der Waals surface area contributed by atoms with E-state index in [4.69, 9.17) is 9.47 Å². The lowest BCUT2D eigenvalue weighted by Crippen LogP contribution is -2.12. The van der Waals surface area contributed by atoms with Gasteiger partial charge in [0.25, 0.3) is 5.88 Å². The van der Waals surface area contributed by atoms with Crippen LogP contribution in [0.25, 0.3) is 5.65 Å². The summed E-state index contributed by atoms with van der Waals surface area (Å²) in [6.07, 6.45) is 6.59. The molecule has 0 aliphatic rings. The number of anilines is 1. The minimum Gasteiger partial charge on any atom is -0.473 e. The Morgan fingerprint density at radius 1 is 1.33 bits per heavy atom. The van der Waals surface area contributed by atoms with Gasteiger partial charge in [0.1, 0.15) is 12.4 Å².